The second-order valence-electron chi connectivity index (χ2n) is 7.92. The number of amides is 2. The van der Waals surface area contributed by atoms with Crippen LogP contribution in [0.15, 0.2) is 18.2 Å². The maximum absolute atomic E-state index is 11.8. The van der Waals surface area contributed by atoms with Crippen LogP contribution in [0.2, 0.25) is 0 Å². The molecule has 3 N–H and O–H groups in total. The van der Waals surface area contributed by atoms with Crippen molar-refractivity contribution in [2.45, 2.75) is 79.6 Å². The number of nitrogens with zero attached hydrogens (tertiary/aromatic N) is 1. The van der Waals surface area contributed by atoms with Crippen LogP contribution in [0.4, 0.5) is 5.69 Å². The van der Waals surface area contributed by atoms with Crippen molar-refractivity contribution in [1.82, 2.24) is 5.32 Å². The minimum atomic E-state index is -0.00583. The summed E-state index contributed by atoms with van der Waals surface area (Å²) in [6, 6.07) is 5.92. The molecule has 190 valence electrons. The van der Waals surface area contributed by atoms with Crippen LogP contribution in [0.1, 0.15) is 78.2 Å². The fourth-order valence-corrected chi connectivity index (χ4v) is 2.51. The molecule has 0 aliphatic heterocycles. The summed E-state index contributed by atoms with van der Waals surface area (Å²) in [4.78, 5) is 34.1. The Morgan fingerprint density at radius 1 is 1.18 bits per heavy atom. The molecule has 0 saturated heterocycles. The Hall–Kier alpha value is -2.41. The van der Waals surface area contributed by atoms with Crippen LogP contribution in [0, 0.1) is 12.8 Å². The first-order valence-electron chi connectivity index (χ1n) is 12.1. The molecule has 1 atom stereocenters. The van der Waals surface area contributed by atoms with Crippen molar-refractivity contribution in [3.8, 4) is 5.75 Å². The number of nitrogens with one attached hydrogen (secondary N) is 1. The third kappa shape index (κ3) is 16.8. The molecule has 0 aromatic heterocycles. The Morgan fingerprint density at radius 2 is 1.82 bits per heavy atom. The van der Waals surface area contributed by atoms with E-state index in [1.54, 1.807) is 18.9 Å². The number of rotatable bonds is 12. The zero-order chi connectivity index (χ0) is 25.6. The molecule has 0 aliphatic rings. The third-order valence-electron chi connectivity index (χ3n) is 4.86. The summed E-state index contributed by atoms with van der Waals surface area (Å²) in [6.45, 7) is 11.5. The first-order valence-corrected chi connectivity index (χ1v) is 12.1. The number of aldehydes is 1. The normalized spacial score (nSPS) is 10.5. The van der Waals surface area contributed by atoms with Crippen LogP contribution in [-0.2, 0) is 14.4 Å². The summed E-state index contributed by atoms with van der Waals surface area (Å²) < 4.78 is 5.73. The van der Waals surface area contributed by atoms with Gasteiger partial charge in [0.2, 0.25) is 11.8 Å². The van der Waals surface area contributed by atoms with Crippen LogP contribution in [0.25, 0.3) is 0 Å². The van der Waals surface area contributed by atoms with E-state index in [-0.39, 0.29) is 17.7 Å². The molecule has 0 spiro atoms. The van der Waals surface area contributed by atoms with Crippen LogP contribution >= 0.6 is 0 Å². The standard InChI is InChI=1S/C16H25NO2.C7H13NO2.C3H9N/c1-5-7-8-11-19-14-10-9-13(3)15(12-14)17(4)16(18)6-2;1-6(5-9)3-4-7(10)8-2;1-2-3-4/h9-10,12H,5-8,11H2,1-4H3;5-6H,3-4H2,1-2H3,(H,8,10);2-4H2,1H3. The molecule has 2 amide bonds. The maximum atomic E-state index is 11.8. The highest BCUT2D eigenvalue weighted by Crippen LogP contribution is 2.25. The van der Waals surface area contributed by atoms with Gasteiger partial charge in [-0.1, -0.05) is 46.6 Å². The maximum Gasteiger partial charge on any atom is 0.226 e. The van der Waals surface area contributed by atoms with E-state index in [0.717, 1.165) is 49.3 Å². The van der Waals surface area contributed by atoms with Gasteiger partial charge in [0.05, 0.1) is 6.61 Å². The summed E-state index contributed by atoms with van der Waals surface area (Å²) in [5, 5.41) is 2.49. The molecular weight excluding hydrogens is 418 g/mol. The van der Waals surface area contributed by atoms with Crippen molar-refractivity contribution >= 4 is 23.8 Å². The van der Waals surface area contributed by atoms with Gasteiger partial charge in [-0.25, -0.2) is 0 Å². The van der Waals surface area contributed by atoms with Crippen molar-refractivity contribution in [1.29, 1.82) is 0 Å². The molecule has 7 nitrogen and oxygen atoms in total. The molecule has 1 unspecified atom stereocenters. The molecule has 0 aliphatic carbocycles. The molecule has 0 bridgehead atoms. The largest absolute Gasteiger partial charge is 0.494 e. The van der Waals surface area contributed by atoms with Crippen molar-refractivity contribution < 1.29 is 19.1 Å². The SMILES string of the molecule is CCCCCOc1ccc(C)c(N(C)C(=O)CC)c1.CCCN.CNC(=O)CCC(C)C=O. The predicted octanol–water partition coefficient (Wildman–Crippen LogP) is 4.64. The lowest BCUT2D eigenvalue weighted by Gasteiger charge is -2.20. The van der Waals surface area contributed by atoms with Crippen LogP contribution in [0.3, 0.4) is 0 Å². The molecule has 1 aromatic carbocycles. The second kappa shape index (κ2) is 21.4. The minimum Gasteiger partial charge on any atom is -0.494 e. The summed E-state index contributed by atoms with van der Waals surface area (Å²) >= 11 is 0. The van der Waals surface area contributed by atoms with Crippen molar-refractivity contribution in [3.63, 3.8) is 0 Å². The highest BCUT2D eigenvalue weighted by molar-refractivity contribution is 5.93. The highest BCUT2D eigenvalue weighted by atomic mass is 16.5. The molecule has 33 heavy (non-hydrogen) atoms. The molecule has 7 heteroatoms. The van der Waals surface area contributed by atoms with Crippen LogP contribution in [-0.4, -0.2) is 45.3 Å². The second-order valence-corrected chi connectivity index (χ2v) is 7.92. The van der Waals surface area contributed by atoms with E-state index < -0.39 is 0 Å². The van der Waals surface area contributed by atoms with E-state index in [0.29, 0.717) is 19.3 Å². The number of anilines is 1. The predicted molar refractivity (Wildman–Crippen MR) is 138 cm³/mol. The first kappa shape index (κ1) is 32.8. The number of aryl methyl sites for hydroxylation is 1. The Kier molecular flexibility index (Phi) is 21.3. The van der Waals surface area contributed by atoms with Crippen molar-refractivity contribution in [2.75, 3.05) is 32.1 Å². The van der Waals surface area contributed by atoms with E-state index in [4.69, 9.17) is 10.5 Å². The summed E-state index contributed by atoms with van der Waals surface area (Å²) in [5.41, 5.74) is 7.05. The molecule has 0 fully saturated rings. The number of benzene rings is 1. The zero-order valence-corrected chi connectivity index (χ0v) is 21.9. The van der Waals surface area contributed by atoms with Gasteiger partial charge in [0.15, 0.2) is 0 Å². The number of carbonyl (C=O) groups is 3. The Morgan fingerprint density at radius 3 is 2.30 bits per heavy atom. The number of unbranched alkanes of at least 4 members (excludes halogenated alkanes) is 2. The number of ether oxygens (including phenoxy) is 1. The van der Waals surface area contributed by atoms with E-state index in [9.17, 15) is 14.4 Å². The van der Waals surface area contributed by atoms with Crippen LogP contribution < -0.4 is 20.7 Å². The fraction of sp³-hybridized carbons (Fsp3) is 0.654. The fourth-order valence-electron chi connectivity index (χ4n) is 2.51. The van der Waals surface area contributed by atoms with Crippen molar-refractivity contribution in [2.24, 2.45) is 11.7 Å². The lowest BCUT2D eigenvalue weighted by atomic mass is 10.1. The van der Waals surface area contributed by atoms with Crippen molar-refractivity contribution in [3.05, 3.63) is 23.8 Å². The van der Waals surface area contributed by atoms with E-state index >= 15 is 0 Å². The Labute approximate surface area is 201 Å². The molecular formula is C26H47N3O4. The van der Waals surface area contributed by atoms with Gasteiger partial charge in [0.1, 0.15) is 12.0 Å². The van der Waals surface area contributed by atoms with Crippen LogP contribution in [0.5, 0.6) is 5.75 Å². The lowest BCUT2D eigenvalue weighted by Crippen LogP contribution is -2.25. The average molecular weight is 466 g/mol. The third-order valence-corrected chi connectivity index (χ3v) is 4.86. The van der Waals surface area contributed by atoms with Gasteiger partial charge in [0.25, 0.3) is 0 Å². The zero-order valence-electron chi connectivity index (χ0n) is 21.9. The lowest BCUT2D eigenvalue weighted by molar-refractivity contribution is -0.121. The van der Waals surface area contributed by atoms with Gasteiger partial charge in [-0.05, 0) is 44.4 Å². The van der Waals surface area contributed by atoms with Gasteiger partial charge in [0, 0.05) is 44.6 Å². The van der Waals surface area contributed by atoms with Gasteiger partial charge >= 0.3 is 0 Å². The molecule has 1 aromatic rings. The smallest absolute Gasteiger partial charge is 0.226 e. The average Bonchev–Trinajstić information content (AvgIpc) is 2.85. The number of hydrogen-bond acceptors (Lipinski definition) is 5. The highest BCUT2D eigenvalue weighted by Gasteiger charge is 2.12. The van der Waals surface area contributed by atoms with Gasteiger partial charge in [-0.2, -0.15) is 0 Å². The van der Waals surface area contributed by atoms with E-state index in [2.05, 4.69) is 19.2 Å². The van der Waals surface area contributed by atoms with Gasteiger partial charge < -0.3 is 25.5 Å². The number of nitrogens with two attached hydrogens (primary N) is 1. The molecule has 0 saturated carbocycles. The number of hydrogen-bond donors (Lipinski definition) is 2. The number of carbonyl (C=O) groups excluding carboxylic acids is 3. The van der Waals surface area contributed by atoms with Gasteiger partial charge in [-0.15, -0.1) is 0 Å². The van der Waals surface area contributed by atoms with E-state index in [1.165, 1.54) is 12.8 Å². The topological polar surface area (TPSA) is 102 Å². The monoisotopic (exact) mass is 465 g/mol. The molecule has 1 rings (SSSR count). The first-order chi connectivity index (χ1) is 15.7. The Bertz CT molecular complexity index is 663. The summed E-state index contributed by atoms with van der Waals surface area (Å²) in [7, 11) is 3.41. The molecule has 0 heterocycles. The van der Waals surface area contributed by atoms with Gasteiger partial charge in [-0.3, -0.25) is 9.59 Å². The summed E-state index contributed by atoms with van der Waals surface area (Å²) in [6.07, 6.45) is 7.01. The molecule has 0 radical (unpaired) electrons. The summed E-state index contributed by atoms with van der Waals surface area (Å²) in [5.74, 6) is 0.949. The quantitative estimate of drug-likeness (QED) is 0.346. The minimum absolute atomic E-state index is 0.00250. The van der Waals surface area contributed by atoms with E-state index in [1.807, 2.05) is 39.1 Å². The Balaban J connectivity index is 0.